The van der Waals surface area contributed by atoms with Crippen LogP contribution >= 0.6 is 23.1 Å². The minimum absolute atomic E-state index is 0.00348. The first-order chi connectivity index (χ1) is 15.5. The van der Waals surface area contributed by atoms with Crippen molar-refractivity contribution in [3.8, 4) is 0 Å². The molecule has 0 unspecified atom stereocenters. The van der Waals surface area contributed by atoms with Crippen molar-refractivity contribution in [3.63, 3.8) is 0 Å². The molecule has 0 amide bonds. The van der Waals surface area contributed by atoms with Crippen LogP contribution in [0.1, 0.15) is 35.1 Å². The zero-order valence-corrected chi connectivity index (χ0v) is 19.9. The first-order valence-corrected chi connectivity index (χ1v) is 12.5. The molecule has 32 heavy (non-hydrogen) atoms. The molecule has 0 aliphatic rings. The molecule has 0 spiro atoms. The van der Waals surface area contributed by atoms with E-state index in [0.29, 0.717) is 12.3 Å². The fourth-order valence-corrected chi connectivity index (χ4v) is 5.84. The molecule has 0 radical (unpaired) electrons. The zero-order valence-electron chi connectivity index (χ0n) is 18.3. The summed E-state index contributed by atoms with van der Waals surface area (Å²) < 4.78 is 4.57. The lowest BCUT2D eigenvalue weighted by atomic mass is 10.0. The average Bonchev–Trinajstić information content (AvgIpc) is 3.45. The highest BCUT2D eigenvalue weighted by Crippen LogP contribution is 2.28. The van der Waals surface area contributed by atoms with E-state index in [0.717, 1.165) is 21.1 Å². The summed E-state index contributed by atoms with van der Waals surface area (Å²) in [5.74, 6) is 1.59. The van der Waals surface area contributed by atoms with Gasteiger partial charge in [0.2, 0.25) is 5.78 Å². The van der Waals surface area contributed by atoms with Crippen LogP contribution in [0.3, 0.4) is 0 Å². The minimum atomic E-state index is 0.00348. The highest BCUT2D eigenvalue weighted by atomic mass is 32.2. The van der Waals surface area contributed by atoms with Gasteiger partial charge >= 0.3 is 0 Å². The molecular weight excluding hydrogens is 436 g/mol. The number of hydrogen-bond donors (Lipinski definition) is 0. The van der Waals surface area contributed by atoms with Gasteiger partial charge in [-0.25, -0.2) is 0 Å². The summed E-state index contributed by atoms with van der Waals surface area (Å²) >= 11 is 3.14. The predicted octanol–water partition coefficient (Wildman–Crippen LogP) is 5.82. The van der Waals surface area contributed by atoms with Crippen molar-refractivity contribution in [1.82, 2.24) is 19.2 Å². The van der Waals surface area contributed by atoms with Crippen molar-refractivity contribution in [3.05, 3.63) is 92.6 Å². The van der Waals surface area contributed by atoms with Gasteiger partial charge in [0.1, 0.15) is 4.70 Å². The molecule has 5 aromatic rings. The molecule has 5 rings (SSSR count). The van der Waals surface area contributed by atoms with Crippen LogP contribution in [0.5, 0.6) is 0 Å². The fourth-order valence-electron chi connectivity index (χ4n) is 4.02. The van der Waals surface area contributed by atoms with Crippen LogP contribution in [0.4, 0.5) is 0 Å². The Morgan fingerprint density at radius 3 is 2.69 bits per heavy atom. The van der Waals surface area contributed by atoms with Gasteiger partial charge in [0.15, 0.2) is 5.16 Å². The molecule has 0 aliphatic heterocycles. The Hall–Kier alpha value is -2.90. The minimum Gasteiger partial charge on any atom is -0.275 e. The summed E-state index contributed by atoms with van der Waals surface area (Å²) in [5, 5.41) is 11.7. The average molecular weight is 461 g/mol. The molecule has 0 saturated carbocycles. The molecule has 0 saturated heterocycles. The van der Waals surface area contributed by atoms with E-state index in [-0.39, 0.29) is 11.5 Å². The summed E-state index contributed by atoms with van der Waals surface area (Å²) in [5.41, 5.74) is 5.90. The summed E-state index contributed by atoms with van der Waals surface area (Å²) in [6, 6.07) is 18.8. The van der Waals surface area contributed by atoms with Crippen molar-refractivity contribution in [2.24, 2.45) is 0 Å². The summed E-state index contributed by atoms with van der Waals surface area (Å²) in [7, 11) is 0. The Morgan fingerprint density at radius 2 is 1.88 bits per heavy atom. The maximum Gasteiger partial charge on any atom is 0.272 e. The maximum absolute atomic E-state index is 13.3. The molecular formula is C25H24N4OS2. The quantitative estimate of drug-likeness (QED) is 0.300. The number of nitrogens with zero attached hydrogens (tertiary/aromatic N) is 4. The number of thiophene rings is 1. The van der Waals surface area contributed by atoms with Gasteiger partial charge in [-0.15, -0.1) is 21.5 Å². The zero-order chi connectivity index (χ0) is 22.2. The van der Waals surface area contributed by atoms with Gasteiger partial charge < -0.3 is 0 Å². The van der Waals surface area contributed by atoms with Gasteiger partial charge in [0, 0.05) is 12.3 Å². The molecule has 0 aliphatic carbocycles. The Kier molecular flexibility index (Phi) is 5.61. The summed E-state index contributed by atoms with van der Waals surface area (Å²) in [4.78, 5) is 13.3. The lowest BCUT2D eigenvalue weighted by Gasteiger charge is -2.15. The molecule has 0 bridgehead atoms. The van der Waals surface area contributed by atoms with Crippen molar-refractivity contribution in [2.45, 2.75) is 44.1 Å². The monoisotopic (exact) mass is 460 g/mol. The maximum atomic E-state index is 13.3. The Labute approximate surface area is 194 Å². The molecule has 3 heterocycles. The van der Waals surface area contributed by atoms with E-state index in [9.17, 15) is 4.79 Å². The number of benzene rings is 2. The number of rotatable bonds is 6. The Bertz CT molecular complexity index is 1470. The second-order valence-corrected chi connectivity index (χ2v) is 10.1. The molecule has 1 atom stereocenters. The first kappa shape index (κ1) is 21.0. The van der Waals surface area contributed by atoms with E-state index in [1.807, 2.05) is 34.0 Å². The van der Waals surface area contributed by atoms with Crippen molar-refractivity contribution < 1.29 is 0 Å². The lowest BCUT2D eigenvalue weighted by Crippen LogP contribution is -2.24. The van der Waals surface area contributed by atoms with Gasteiger partial charge in [-0.3, -0.25) is 13.8 Å². The van der Waals surface area contributed by atoms with Crippen LogP contribution in [0, 0.1) is 13.8 Å². The molecule has 3 aromatic heterocycles. The third-order valence-electron chi connectivity index (χ3n) is 5.87. The topological polar surface area (TPSA) is 52.2 Å². The van der Waals surface area contributed by atoms with E-state index < -0.39 is 0 Å². The number of hydrogen-bond acceptors (Lipinski definition) is 5. The standard InChI is InChI=1S/C25H24N4OS2/c1-16-9-10-17(2)20(13-16)15-32-25-27-26-24-28(14-18(3)19-7-5-4-6-8-19)23(30)22-21(29(24)25)11-12-31-22/h4-13,18H,14-15H2,1-3H3/t18-/m0/s1. The second-order valence-electron chi connectivity index (χ2n) is 8.20. The molecule has 162 valence electrons. The number of aromatic nitrogens is 4. The van der Waals surface area contributed by atoms with Crippen LogP contribution in [0.15, 0.2) is 69.9 Å². The van der Waals surface area contributed by atoms with Crippen LogP contribution in [-0.2, 0) is 12.3 Å². The molecule has 5 nitrogen and oxygen atoms in total. The van der Waals surface area contributed by atoms with Gasteiger partial charge in [-0.1, -0.05) is 72.8 Å². The van der Waals surface area contributed by atoms with E-state index in [4.69, 9.17) is 0 Å². The van der Waals surface area contributed by atoms with Crippen molar-refractivity contribution >= 4 is 39.1 Å². The number of fused-ring (bicyclic) bond motifs is 3. The van der Waals surface area contributed by atoms with Crippen LogP contribution in [0.25, 0.3) is 16.0 Å². The SMILES string of the molecule is Cc1ccc(C)c(CSc2nnc3n(C[C@H](C)c4ccccc4)c(=O)c4sccc4n23)c1. The Balaban J connectivity index is 1.57. The molecule has 0 N–H and O–H groups in total. The summed E-state index contributed by atoms with van der Waals surface area (Å²) in [6.07, 6.45) is 0. The van der Waals surface area contributed by atoms with Crippen LogP contribution in [-0.4, -0.2) is 19.2 Å². The number of aryl methyl sites for hydroxylation is 2. The lowest BCUT2D eigenvalue weighted by molar-refractivity contribution is 0.588. The van der Waals surface area contributed by atoms with Gasteiger partial charge in [0.05, 0.1) is 5.52 Å². The van der Waals surface area contributed by atoms with E-state index in [1.54, 1.807) is 16.3 Å². The van der Waals surface area contributed by atoms with E-state index in [1.165, 1.54) is 33.6 Å². The highest BCUT2D eigenvalue weighted by molar-refractivity contribution is 7.98. The predicted molar refractivity (Wildman–Crippen MR) is 133 cm³/mol. The van der Waals surface area contributed by atoms with Crippen LogP contribution < -0.4 is 5.56 Å². The molecule has 2 aromatic carbocycles. The molecule has 7 heteroatoms. The van der Waals surface area contributed by atoms with Crippen LogP contribution in [0.2, 0.25) is 0 Å². The largest absolute Gasteiger partial charge is 0.275 e. The third kappa shape index (κ3) is 3.76. The third-order valence-corrected chi connectivity index (χ3v) is 7.74. The van der Waals surface area contributed by atoms with Gasteiger partial charge in [0.25, 0.3) is 5.56 Å². The normalized spacial score (nSPS) is 12.6. The smallest absolute Gasteiger partial charge is 0.272 e. The van der Waals surface area contributed by atoms with Crippen molar-refractivity contribution in [2.75, 3.05) is 0 Å². The molecule has 0 fully saturated rings. The fraction of sp³-hybridized carbons (Fsp3) is 0.240. The number of thioether (sulfide) groups is 1. The first-order valence-electron chi connectivity index (χ1n) is 10.6. The van der Waals surface area contributed by atoms with Gasteiger partial charge in [-0.05, 0) is 47.9 Å². The Morgan fingerprint density at radius 1 is 1.06 bits per heavy atom. The highest BCUT2D eigenvalue weighted by Gasteiger charge is 2.19. The van der Waals surface area contributed by atoms with Crippen molar-refractivity contribution in [1.29, 1.82) is 0 Å². The van der Waals surface area contributed by atoms with E-state index >= 15 is 0 Å². The summed E-state index contributed by atoms with van der Waals surface area (Å²) in [6.45, 7) is 6.95. The second kappa shape index (κ2) is 8.56. The van der Waals surface area contributed by atoms with E-state index in [2.05, 4.69) is 61.3 Å². The van der Waals surface area contributed by atoms with Gasteiger partial charge in [-0.2, -0.15) is 0 Å².